The highest BCUT2D eigenvalue weighted by Gasteiger charge is 2.27. The van der Waals surface area contributed by atoms with Crippen molar-refractivity contribution in [3.63, 3.8) is 0 Å². The maximum absolute atomic E-state index is 12.3. The van der Waals surface area contributed by atoms with Crippen molar-refractivity contribution in [2.45, 2.75) is 46.8 Å². The molecule has 0 aliphatic carbocycles. The zero-order valence-corrected chi connectivity index (χ0v) is 13.4. The summed E-state index contributed by atoms with van der Waals surface area (Å²) < 4.78 is 7.26. The lowest BCUT2D eigenvalue weighted by Gasteiger charge is -2.32. The van der Waals surface area contributed by atoms with Crippen LogP contribution in [0.25, 0.3) is 0 Å². The number of rotatable bonds is 3. The molecule has 0 saturated carbocycles. The number of aromatic nitrogens is 3. The van der Waals surface area contributed by atoms with E-state index in [4.69, 9.17) is 4.52 Å². The van der Waals surface area contributed by atoms with Crippen LogP contribution in [-0.4, -0.2) is 38.1 Å². The minimum absolute atomic E-state index is 0.0930. The number of nitrogens with zero attached hydrogens (tertiary/aromatic N) is 4. The van der Waals surface area contributed by atoms with Crippen LogP contribution in [0.4, 0.5) is 5.88 Å². The van der Waals surface area contributed by atoms with E-state index in [0.717, 1.165) is 30.3 Å². The van der Waals surface area contributed by atoms with Gasteiger partial charge in [-0.05, 0) is 27.7 Å². The largest absolute Gasteiger partial charge is 0.338 e. The molecule has 7 heteroatoms. The molecule has 0 radical (unpaired) electrons. The normalized spacial score (nSPS) is 16.4. The Morgan fingerprint density at radius 2 is 2.14 bits per heavy atom. The molecule has 3 heterocycles. The Balaban J connectivity index is 1.68. The number of fused-ring (bicyclic) bond motifs is 1. The Morgan fingerprint density at radius 1 is 1.36 bits per heavy atom. The third kappa shape index (κ3) is 2.64. The fourth-order valence-corrected chi connectivity index (χ4v) is 2.78. The highest BCUT2D eigenvalue weighted by atomic mass is 16.5. The van der Waals surface area contributed by atoms with Gasteiger partial charge in [0, 0.05) is 24.8 Å². The van der Waals surface area contributed by atoms with Crippen LogP contribution in [-0.2, 0) is 17.9 Å². The average molecular weight is 303 g/mol. The number of nitrogens with one attached hydrogen (secondary N) is 1. The molecule has 1 aliphatic heterocycles. The fraction of sp³-hybridized carbons (Fsp3) is 0.533. The van der Waals surface area contributed by atoms with Gasteiger partial charge in [0.25, 0.3) is 0 Å². The Kier molecular flexibility index (Phi) is 3.74. The van der Waals surface area contributed by atoms with Gasteiger partial charge in [0.05, 0.1) is 24.0 Å². The summed E-state index contributed by atoms with van der Waals surface area (Å²) in [5, 5.41) is 6.53. The molecule has 118 valence electrons. The summed E-state index contributed by atoms with van der Waals surface area (Å²) in [6.07, 6.45) is 0. The number of anilines is 1. The van der Waals surface area contributed by atoms with Gasteiger partial charge in [-0.1, -0.05) is 5.16 Å². The number of amides is 1. The first kappa shape index (κ1) is 14.8. The first-order chi connectivity index (χ1) is 10.5. The molecule has 1 amide bonds. The number of carbonyl (C=O) groups is 1. The van der Waals surface area contributed by atoms with Gasteiger partial charge in [-0.2, -0.15) is 0 Å². The van der Waals surface area contributed by atoms with Crippen LogP contribution in [0.15, 0.2) is 10.6 Å². The molecule has 2 aromatic heterocycles. The molecule has 0 aromatic carbocycles. The molecule has 1 atom stereocenters. The Labute approximate surface area is 129 Å². The van der Waals surface area contributed by atoms with E-state index in [2.05, 4.69) is 31.8 Å². The van der Waals surface area contributed by atoms with Gasteiger partial charge in [0.1, 0.15) is 5.82 Å². The molecule has 1 N–H and O–H groups in total. The van der Waals surface area contributed by atoms with Crippen molar-refractivity contribution < 1.29 is 9.32 Å². The fourth-order valence-electron chi connectivity index (χ4n) is 2.78. The lowest BCUT2D eigenvalue weighted by atomic mass is 10.2. The highest BCUT2D eigenvalue weighted by Crippen LogP contribution is 2.19. The van der Waals surface area contributed by atoms with Crippen LogP contribution in [0.3, 0.4) is 0 Å². The molecule has 0 fully saturated rings. The van der Waals surface area contributed by atoms with Crippen LogP contribution >= 0.6 is 0 Å². The summed E-state index contributed by atoms with van der Waals surface area (Å²) >= 11 is 0. The van der Waals surface area contributed by atoms with E-state index in [-0.39, 0.29) is 11.9 Å². The van der Waals surface area contributed by atoms with E-state index in [1.807, 2.05) is 20.8 Å². The van der Waals surface area contributed by atoms with Gasteiger partial charge in [-0.3, -0.25) is 15.0 Å². The second kappa shape index (κ2) is 5.57. The molecule has 1 aliphatic rings. The molecule has 0 unspecified atom stereocenters. The third-order valence-electron chi connectivity index (χ3n) is 4.29. The maximum Gasteiger partial charge on any atom is 0.243 e. The van der Waals surface area contributed by atoms with Gasteiger partial charge in [0.2, 0.25) is 11.8 Å². The molecule has 22 heavy (non-hydrogen) atoms. The molecular formula is C15H21N5O2. The minimum atomic E-state index is -0.253. The zero-order chi connectivity index (χ0) is 15.9. The van der Waals surface area contributed by atoms with E-state index < -0.39 is 0 Å². The van der Waals surface area contributed by atoms with E-state index in [1.165, 1.54) is 5.69 Å². The molecule has 7 nitrogen and oxygen atoms in total. The predicted octanol–water partition coefficient (Wildman–Crippen LogP) is 1.64. The molecule has 0 spiro atoms. The molecule has 0 bridgehead atoms. The number of aryl methyl sites for hydroxylation is 2. The molecule has 0 saturated heterocycles. The summed E-state index contributed by atoms with van der Waals surface area (Å²) in [4.78, 5) is 19.1. The monoisotopic (exact) mass is 303 g/mol. The summed E-state index contributed by atoms with van der Waals surface area (Å²) in [7, 11) is 0. The van der Waals surface area contributed by atoms with Gasteiger partial charge >= 0.3 is 0 Å². The SMILES string of the molecule is Cc1cc(NC(=O)[C@@H](C)N2CCn3c(nc(C)c3C)C2)on1. The highest BCUT2D eigenvalue weighted by molar-refractivity contribution is 5.93. The van der Waals surface area contributed by atoms with E-state index in [0.29, 0.717) is 12.4 Å². The van der Waals surface area contributed by atoms with Crippen molar-refractivity contribution in [3.05, 3.63) is 29.0 Å². The smallest absolute Gasteiger partial charge is 0.243 e. The molecule has 2 aromatic rings. The van der Waals surface area contributed by atoms with Crippen molar-refractivity contribution >= 4 is 11.8 Å². The average Bonchev–Trinajstić information content (AvgIpc) is 3.02. The Bertz CT molecular complexity index is 703. The number of hydrogen-bond acceptors (Lipinski definition) is 5. The Morgan fingerprint density at radius 3 is 2.82 bits per heavy atom. The van der Waals surface area contributed by atoms with E-state index in [1.54, 1.807) is 6.07 Å². The number of hydrogen-bond donors (Lipinski definition) is 1. The van der Waals surface area contributed by atoms with Crippen LogP contribution in [0.1, 0.15) is 29.8 Å². The van der Waals surface area contributed by atoms with Crippen molar-refractivity contribution in [3.8, 4) is 0 Å². The van der Waals surface area contributed by atoms with Crippen LogP contribution in [0, 0.1) is 20.8 Å². The predicted molar refractivity (Wildman–Crippen MR) is 81.4 cm³/mol. The number of imidazole rings is 1. The molecule has 3 rings (SSSR count). The van der Waals surface area contributed by atoms with Crippen LogP contribution in [0.5, 0.6) is 0 Å². The summed E-state index contributed by atoms with van der Waals surface area (Å²) in [5.41, 5.74) is 3.02. The van der Waals surface area contributed by atoms with Crippen molar-refractivity contribution in [1.82, 2.24) is 19.6 Å². The quantitative estimate of drug-likeness (QED) is 0.933. The summed E-state index contributed by atoms with van der Waals surface area (Å²) in [5.74, 6) is 1.32. The number of carbonyl (C=O) groups excluding carboxylic acids is 1. The van der Waals surface area contributed by atoms with Crippen molar-refractivity contribution in [2.24, 2.45) is 0 Å². The standard InChI is InChI=1S/C15H21N5O2/c1-9-7-14(22-18-9)17-15(21)12(4)19-5-6-20-11(3)10(2)16-13(20)8-19/h7,12H,5-6,8H2,1-4H3,(H,17,21)/t12-/m1/s1. The summed E-state index contributed by atoms with van der Waals surface area (Å²) in [6.45, 7) is 10.2. The molecular weight excluding hydrogens is 282 g/mol. The first-order valence-corrected chi connectivity index (χ1v) is 7.46. The second-order valence-corrected chi connectivity index (χ2v) is 5.82. The Hall–Kier alpha value is -2.15. The van der Waals surface area contributed by atoms with Gasteiger partial charge in [-0.15, -0.1) is 0 Å². The topological polar surface area (TPSA) is 76.2 Å². The zero-order valence-electron chi connectivity index (χ0n) is 13.4. The van der Waals surface area contributed by atoms with Gasteiger partial charge in [0.15, 0.2) is 0 Å². The summed E-state index contributed by atoms with van der Waals surface area (Å²) in [6, 6.07) is 1.46. The lowest BCUT2D eigenvalue weighted by molar-refractivity contribution is -0.121. The van der Waals surface area contributed by atoms with Crippen molar-refractivity contribution in [1.29, 1.82) is 0 Å². The first-order valence-electron chi connectivity index (χ1n) is 7.46. The van der Waals surface area contributed by atoms with Gasteiger partial charge in [-0.25, -0.2) is 4.98 Å². The minimum Gasteiger partial charge on any atom is -0.338 e. The third-order valence-corrected chi connectivity index (χ3v) is 4.29. The van der Waals surface area contributed by atoms with Crippen LogP contribution < -0.4 is 5.32 Å². The second-order valence-electron chi connectivity index (χ2n) is 5.82. The van der Waals surface area contributed by atoms with E-state index >= 15 is 0 Å². The lowest BCUT2D eigenvalue weighted by Crippen LogP contribution is -2.45. The van der Waals surface area contributed by atoms with Crippen LogP contribution in [0.2, 0.25) is 0 Å². The van der Waals surface area contributed by atoms with E-state index in [9.17, 15) is 4.79 Å². The maximum atomic E-state index is 12.3. The van der Waals surface area contributed by atoms with Crippen molar-refractivity contribution in [2.75, 3.05) is 11.9 Å². The van der Waals surface area contributed by atoms with Gasteiger partial charge < -0.3 is 9.09 Å².